The molecule has 110 valence electrons. The van der Waals surface area contributed by atoms with Crippen LogP contribution in [0.2, 0.25) is 10.0 Å². The van der Waals surface area contributed by atoms with E-state index in [2.05, 4.69) is 4.99 Å². The second kappa shape index (κ2) is 5.91. The standard InChI is InChI=1S/C16H8Cl2FNO2/c17-10-6-4-9(5-7-10)15-20-14(16(21)22-15)8-11-12(18)2-1-3-13(11)19/h1-8H. The maximum absolute atomic E-state index is 13.8. The molecule has 3 rings (SSSR count). The predicted octanol–water partition coefficient (Wildman–Crippen LogP) is 4.48. The Morgan fingerprint density at radius 1 is 1.09 bits per heavy atom. The fourth-order valence-electron chi connectivity index (χ4n) is 1.91. The van der Waals surface area contributed by atoms with Gasteiger partial charge in [0, 0.05) is 16.1 Å². The molecule has 0 fully saturated rings. The lowest BCUT2D eigenvalue weighted by Crippen LogP contribution is -2.05. The lowest BCUT2D eigenvalue weighted by Gasteiger charge is -1.99. The van der Waals surface area contributed by atoms with Gasteiger partial charge in [0.25, 0.3) is 0 Å². The Bertz CT molecular complexity index is 793. The number of rotatable bonds is 2. The van der Waals surface area contributed by atoms with E-state index in [1.54, 1.807) is 24.3 Å². The molecule has 0 saturated carbocycles. The zero-order chi connectivity index (χ0) is 15.7. The highest BCUT2D eigenvalue weighted by molar-refractivity contribution is 6.32. The summed E-state index contributed by atoms with van der Waals surface area (Å²) in [5, 5.41) is 0.748. The Kier molecular flexibility index (Phi) is 3.96. The van der Waals surface area contributed by atoms with E-state index < -0.39 is 11.8 Å². The van der Waals surface area contributed by atoms with Crippen molar-refractivity contribution in [2.24, 2.45) is 4.99 Å². The van der Waals surface area contributed by atoms with Crippen molar-refractivity contribution >= 4 is 41.1 Å². The molecular formula is C16H8Cl2FNO2. The van der Waals surface area contributed by atoms with Gasteiger partial charge in [0.2, 0.25) is 5.90 Å². The van der Waals surface area contributed by atoms with E-state index in [1.807, 2.05) is 0 Å². The number of carbonyl (C=O) groups excluding carboxylic acids is 1. The first-order chi connectivity index (χ1) is 10.5. The van der Waals surface area contributed by atoms with E-state index >= 15 is 0 Å². The van der Waals surface area contributed by atoms with Crippen LogP contribution in [0.25, 0.3) is 6.08 Å². The lowest BCUT2D eigenvalue weighted by molar-refractivity contribution is -0.129. The molecule has 0 aromatic heterocycles. The summed E-state index contributed by atoms with van der Waals surface area (Å²) in [6.07, 6.45) is 1.27. The highest BCUT2D eigenvalue weighted by atomic mass is 35.5. The molecule has 2 aromatic carbocycles. The van der Waals surface area contributed by atoms with Crippen LogP contribution in [-0.2, 0) is 9.53 Å². The van der Waals surface area contributed by atoms with Crippen LogP contribution >= 0.6 is 23.2 Å². The normalized spacial score (nSPS) is 15.9. The molecule has 1 aliphatic heterocycles. The second-order valence-electron chi connectivity index (χ2n) is 4.48. The third kappa shape index (κ3) is 2.89. The Labute approximate surface area is 135 Å². The smallest absolute Gasteiger partial charge is 0.363 e. The minimum absolute atomic E-state index is 0.0167. The van der Waals surface area contributed by atoms with Gasteiger partial charge in [-0.3, -0.25) is 0 Å². The third-order valence-electron chi connectivity index (χ3n) is 2.99. The number of cyclic esters (lactones) is 1. The van der Waals surface area contributed by atoms with Crippen LogP contribution in [0.15, 0.2) is 53.2 Å². The summed E-state index contributed by atoms with van der Waals surface area (Å²) in [5.41, 5.74) is 0.676. The maximum atomic E-state index is 13.8. The molecule has 0 radical (unpaired) electrons. The van der Waals surface area contributed by atoms with Gasteiger partial charge >= 0.3 is 5.97 Å². The van der Waals surface area contributed by atoms with Gasteiger partial charge in [0.05, 0.1) is 5.02 Å². The first-order valence-corrected chi connectivity index (χ1v) is 7.03. The van der Waals surface area contributed by atoms with Gasteiger partial charge in [0.1, 0.15) is 5.82 Å². The van der Waals surface area contributed by atoms with Crippen LogP contribution in [0.5, 0.6) is 0 Å². The van der Waals surface area contributed by atoms with Crippen LogP contribution in [0.4, 0.5) is 4.39 Å². The monoisotopic (exact) mass is 335 g/mol. The largest absolute Gasteiger partial charge is 0.402 e. The fourth-order valence-corrected chi connectivity index (χ4v) is 2.25. The number of halogens is 3. The highest BCUT2D eigenvalue weighted by Gasteiger charge is 2.24. The summed E-state index contributed by atoms with van der Waals surface area (Å²) >= 11 is 11.7. The van der Waals surface area contributed by atoms with Gasteiger partial charge in [-0.15, -0.1) is 0 Å². The van der Waals surface area contributed by atoms with Crippen LogP contribution in [-0.4, -0.2) is 11.9 Å². The van der Waals surface area contributed by atoms with Crippen molar-refractivity contribution in [3.8, 4) is 0 Å². The van der Waals surface area contributed by atoms with E-state index in [-0.39, 0.29) is 22.2 Å². The lowest BCUT2D eigenvalue weighted by atomic mass is 10.2. The van der Waals surface area contributed by atoms with Gasteiger partial charge in [-0.05, 0) is 42.5 Å². The number of hydrogen-bond acceptors (Lipinski definition) is 3. The molecule has 0 N–H and O–H groups in total. The van der Waals surface area contributed by atoms with Crippen LogP contribution in [0, 0.1) is 5.82 Å². The third-order valence-corrected chi connectivity index (χ3v) is 3.57. The average Bonchev–Trinajstić information content (AvgIpc) is 2.85. The highest BCUT2D eigenvalue weighted by Crippen LogP contribution is 2.25. The second-order valence-corrected chi connectivity index (χ2v) is 5.32. The Morgan fingerprint density at radius 2 is 1.82 bits per heavy atom. The van der Waals surface area contributed by atoms with Crippen molar-refractivity contribution in [3.05, 3.63) is 75.2 Å². The van der Waals surface area contributed by atoms with E-state index in [0.717, 1.165) is 0 Å². The van der Waals surface area contributed by atoms with Gasteiger partial charge in [-0.1, -0.05) is 29.3 Å². The number of ether oxygens (including phenoxy) is 1. The van der Waals surface area contributed by atoms with E-state index in [1.165, 1.54) is 24.3 Å². The predicted molar refractivity (Wildman–Crippen MR) is 83.5 cm³/mol. The van der Waals surface area contributed by atoms with Gasteiger partial charge in [-0.25, -0.2) is 14.2 Å². The molecule has 0 bridgehead atoms. The molecule has 0 aliphatic carbocycles. The maximum Gasteiger partial charge on any atom is 0.363 e. The number of benzene rings is 2. The average molecular weight is 336 g/mol. The summed E-state index contributed by atoms with van der Waals surface area (Å²) in [6.45, 7) is 0. The molecule has 0 atom stereocenters. The summed E-state index contributed by atoms with van der Waals surface area (Å²) in [4.78, 5) is 15.9. The minimum Gasteiger partial charge on any atom is -0.402 e. The molecule has 2 aromatic rings. The number of nitrogens with zero attached hydrogens (tertiary/aromatic N) is 1. The summed E-state index contributed by atoms with van der Waals surface area (Å²) < 4.78 is 18.8. The molecule has 1 heterocycles. The molecule has 0 spiro atoms. The Morgan fingerprint density at radius 3 is 2.50 bits per heavy atom. The topological polar surface area (TPSA) is 38.7 Å². The van der Waals surface area contributed by atoms with E-state index in [9.17, 15) is 9.18 Å². The first-order valence-electron chi connectivity index (χ1n) is 6.27. The molecule has 6 heteroatoms. The van der Waals surface area contributed by atoms with Crippen molar-refractivity contribution in [1.29, 1.82) is 0 Å². The molecular weight excluding hydrogens is 328 g/mol. The fraction of sp³-hybridized carbons (Fsp3) is 0. The van der Waals surface area contributed by atoms with Crippen LogP contribution in [0.1, 0.15) is 11.1 Å². The van der Waals surface area contributed by atoms with Crippen molar-refractivity contribution in [2.75, 3.05) is 0 Å². The van der Waals surface area contributed by atoms with Crippen LogP contribution in [0.3, 0.4) is 0 Å². The molecule has 22 heavy (non-hydrogen) atoms. The van der Waals surface area contributed by atoms with Crippen molar-refractivity contribution in [1.82, 2.24) is 0 Å². The Balaban J connectivity index is 1.99. The Hall–Kier alpha value is -2.17. The molecule has 0 unspecified atom stereocenters. The molecule has 0 amide bonds. The first kappa shape index (κ1) is 14.8. The van der Waals surface area contributed by atoms with Crippen molar-refractivity contribution in [2.45, 2.75) is 0 Å². The van der Waals surface area contributed by atoms with E-state index in [0.29, 0.717) is 10.6 Å². The number of esters is 1. The molecule has 3 nitrogen and oxygen atoms in total. The number of carbonyl (C=O) groups is 1. The quantitative estimate of drug-likeness (QED) is 0.599. The van der Waals surface area contributed by atoms with Crippen molar-refractivity contribution < 1.29 is 13.9 Å². The zero-order valence-corrected chi connectivity index (χ0v) is 12.5. The van der Waals surface area contributed by atoms with Crippen LogP contribution < -0.4 is 0 Å². The molecule has 0 saturated heterocycles. The summed E-state index contributed by atoms with van der Waals surface area (Å²) in [7, 11) is 0. The zero-order valence-electron chi connectivity index (χ0n) is 11.0. The summed E-state index contributed by atoms with van der Waals surface area (Å²) in [5.74, 6) is -1.06. The SMILES string of the molecule is O=C1OC(c2ccc(Cl)cc2)=NC1=Cc1c(F)cccc1Cl. The number of hydrogen-bond donors (Lipinski definition) is 0. The number of aliphatic imine (C=N–C) groups is 1. The molecule has 1 aliphatic rings. The minimum atomic E-state index is -0.663. The van der Waals surface area contributed by atoms with Gasteiger partial charge < -0.3 is 4.74 Å². The van der Waals surface area contributed by atoms with Gasteiger partial charge in [-0.2, -0.15) is 0 Å². The summed E-state index contributed by atoms with van der Waals surface area (Å²) in [6, 6.07) is 10.9. The van der Waals surface area contributed by atoms with Crippen molar-refractivity contribution in [3.63, 3.8) is 0 Å². The van der Waals surface area contributed by atoms with E-state index in [4.69, 9.17) is 27.9 Å². The van der Waals surface area contributed by atoms with Gasteiger partial charge in [0.15, 0.2) is 5.70 Å².